The normalized spacial score (nSPS) is 11.7. The van der Waals surface area contributed by atoms with Crippen molar-refractivity contribution in [1.82, 2.24) is 10.2 Å². The smallest absolute Gasteiger partial charge is 0.242 e. The molecule has 2 aromatic carbocycles. The van der Waals surface area contributed by atoms with Crippen molar-refractivity contribution in [2.24, 2.45) is 0 Å². The van der Waals surface area contributed by atoms with E-state index in [1.807, 2.05) is 49.4 Å². The molecular formula is C21H25ClN2O2S. The lowest BCUT2D eigenvalue weighted by Crippen LogP contribution is -2.48. The molecule has 0 heterocycles. The molecule has 1 N–H and O–H groups in total. The van der Waals surface area contributed by atoms with Gasteiger partial charge < -0.3 is 10.2 Å². The average molecular weight is 405 g/mol. The number of benzene rings is 2. The molecule has 0 aliphatic heterocycles. The van der Waals surface area contributed by atoms with E-state index in [0.717, 1.165) is 16.9 Å². The summed E-state index contributed by atoms with van der Waals surface area (Å²) in [6.07, 6.45) is 0.859. The number of hydrogen-bond donors (Lipinski definition) is 1. The molecule has 27 heavy (non-hydrogen) atoms. The second kappa shape index (κ2) is 11.0. The standard InChI is InChI=1S/C21H25ClN2O2S/c1-3-13-23-21(26)16(2)24(14-17-7-5-4-6-8-17)20(25)15-27-19-11-9-18(22)10-12-19/h4-12,16H,3,13-15H2,1-2H3,(H,23,26)/t16-/m0/s1. The van der Waals surface area contributed by atoms with Crippen LogP contribution in [-0.4, -0.2) is 35.1 Å². The Morgan fingerprint density at radius 2 is 1.78 bits per heavy atom. The average Bonchev–Trinajstić information content (AvgIpc) is 2.69. The number of amides is 2. The number of halogens is 1. The quantitative estimate of drug-likeness (QED) is 0.631. The third-order valence-electron chi connectivity index (χ3n) is 4.09. The molecule has 0 fully saturated rings. The lowest BCUT2D eigenvalue weighted by molar-refractivity contribution is -0.138. The number of carbonyl (C=O) groups excluding carboxylic acids is 2. The van der Waals surface area contributed by atoms with Gasteiger partial charge in [-0.15, -0.1) is 11.8 Å². The second-order valence-corrected chi connectivity index (χ2v) is 7.70. The molecule has 1 atom stereocenters. The van der Waals surface area contributed by atoms with Crippen molar-refractivity contribution < 1.29 is 9.59 Å². The van der Waals surface area contributed by atoms with Crippen LogP contribution in [0.1, 0.15) is 25.8 Å². The Hall–Kier alpha value is -1.98. The summed E-state index contributed by atoms with van der Waals surface area (Å²) >= 11 is 7.35. The van der Waals surface area contributed by atoms with Gasteiger partial charge in [0.05, 0.1) is 5.75 Å². The van der Waals surface area contributed by atoms with Gasteiger partial charge in [0.15, 0.2) is 0 Å². The molecule has 2 amide bonds. The van der Waals surface area contributed by atoms with Gasteiger partial charge in [-0.2, -0.15) is 0 Å². The molecule has 0 saturated heterocycles. The van der Waals surface area contributed by atoms with Crippen molar-refractivity contribution in [3.8, 4) is 0 Å². The predicted molar refractivity (Wildman–Crippen MR) is 112 cm³/mol. The van der Waals surface area contributed by atoms with Gasteiger partial charge in [0.25, 0.3) is 0 Å². The van der Waals surface area contributed by atoms with Gasteiger partial charge in [-0.25, -0.2) is 0 Å². The van der Waals surface area contributed by atoms with Crippen LogP contribution in [0.4, 0.5) is 0 Å². The van der Waals surface area contributed by atoms with Crippen molar-refractivity contribution in [2.75, 3.05) is 12.3 Å². The summed E-state index contributed by atoms with van der Waals surface area (Å²) in [6, 6.07) is 16.6. The first-order chi connectivity index (χ1) is 13.0. The van der Waals surface area contributed by atoms with Gasteiger partial charge in [0.2, 0.25) is 11.8 Å². The number of thioether (sulfide) groups is 1. The Balaban J connectivity index is 2.08. The van der Waals surface area contributed by atoms with Crippen molar-refractivity contribution in [3.63, 3.8) is 0 Å². The number of carbonyl (C=O) groups is 2. The zero-order valence-corrected chi connectivity index (χ0v) is 17.2. The van der Waals surface area contributed by atoms with Crippen molar-refractivity contribution in [1.29, 1.82) is 0 Å². The topological polar surface area (TPSA) is 49.4 Å². The van der Waals surface area contributed by atoms with Crippen LogP contribution in [0.25, 0.3) is 0 Å². The highest BCUT2D eigenvalue weighted by Crippen LogP contribution is 2.21. The van der Waals surface area contributed by atoms with E-state index in [9.17, 15) is 9.59 Å². The Morgan fingerprint density at radius 3 is 2.41 bits per heavy atom. The molecule has 0 spiro atoms. The second-order valence-electron chi connectivity index (χ2n) is 6.22. The van der Waals surface area contributed by atoms with Crippen LogP contribution in [0.15, 0.2) is 59.5 Å². The number of hydrogen-bond acceptors (Lipinski definition) is 3. The van der Waals surface area contributed by atoms with E-state index in [1.165, 1.54) is 11.8 Å². The van der Waals surface area contributed by atoms with Crippen LogP contribution in [-0.2, 0) is 16.1 Å². The minimum absolute atomic E-state index is 0.0713. The van der Waals surface area contributed by atoms with Crippen LogP contribution in [0.2, 0.25) is 5.02 Å². The Bertz CT molecular complexity index is 738. The Morgan fingerprint density at radius 1 is 1.11 bits per heavy atom. The Kier molecular flexibility index (Phi) is 8.69. The fourth-order valence-electron chi connectivity index (χ4n) is 2.52. The summed E-state index contributed by atoms with van der Waals surface area (Å²) in [6.45, 7) is 4.79. The molecule has 0 unspecified atom stereocenters. The summed E-state index contributed by atoms with van der Waals surface area (Å²) < 4.78 is 0. The van der Waals surface area contributed by atoms with Gasteiger partial charge in [0, 0.05) is 23.0 Å². The number of nitrogens with one attached hydrogen (secondary N) is 1. The molecular weight excluding hydrogens is 380 g/mol. The molecule has 2 rings (SSSR count). The minimum atomic E-state index is -0.532. The Labute approximate surface area is 170 Å². The van der Waals surface area contributed by atoms with E-state index >= 15 is 0 Å². The molecule has 0 aliphatic carbocycles. The van der Waals surface area contributed by atoms with Crippen molar-refractivity contribution in [2.45, 2.75) is 37.8 Å². The van der Waals surface area contributed by atoms with Crippen LogP contribution >= 0.6 is 23.4 Å². The maximum Gasteiger partial charge on any atom is 0.242 e. The van der Waals surface area contributed by atoms with Crippen LogP contribution in [0.3, 0.4) is 0 Å². The molecule has 0 saturated carbocycles. The first kappa shape index (κ1) is 21.3. The van der Waals surface area contributed by atoms with E-state index in [4.69, 9.17) is 11.6 Å². The molecule has 6 heteroatoms. The molecule has 0 bridgehead atoms. The molecule has 4 nitrogen and oxygen atoms in total. The maximum atomic E-state index is 12.9. The largest absolute Gasteiger partial charge is 0.354 e. The zero-order chi connectivity index (χ0) is 19.6. The van der Waals surface area contributed by atoms with Gasteiger partial charge in [-0.05, 0) is 43.2 Å². The lowest BCUT2D eigenvalue weighted by Gasteiger charge is -2.28. The zero-order valence-electron chi connectivity index (χ0n) is 15.7. The third-order valence-corrected chi connectivity index (χ3v) is 5.34. The van der Waals surface area contributed by atoms with Gasteiger partial charge in [-0.3, -0.25) is 9.59 Å². The van der Waals surface area contributed by atoms with E-state index in [2.05, 4.69) is 5.32 Å². The molecule has 0 aliphatic rings. The minimum Gasteiger partial charge on any atom is -0.354 e. The van der Waals surface area contributed by atoms with Crippen molar-refractivity contribution in [3.05, 3.63) is 65.2 Å². The highest BCUT2D eigenvalue weighted by atomic mass is 35.5. The summed E-state index contributed by atoms with van der Waals surface area (Å²) in [4.78, 5) is 27.9. The molecule has 144 valence electrons. The fourth-order valence-corrected chi connectivity index (χ4v) is 3.43. The van der Waals surface area contributed by atoms with Crippen LogP contribution in [0.5, 0.6) is 0 Å². The predicted octanol–water partition coefficient (Wildman–Crippen LogP) is 4.38. The first-order valence-corrected chi connectivity index (χ1v) is 10.4. The van der Waals surface area contributed by atoms with Crippen LogP contribution in [0, 0.1) is 0 Å². The summed E-state index contributed by atoms with van der Waals surface area (Å²) in [5, 5.41) is 3.54. The summed E-state index contributed by atoms with van der Waals surface area (Å²) in [5.41, 5.74) is 0.998. The first-order valence-electron chi connectivity index (χ1n) is 9.00. The summed E-state index contributed by atoms with van der Waals surface area (Å²) in [7, 11) is 0. The monoisotopic (exact) mass is 404 g/mol. The van der Waals surface area contributed by atoms with Gasteiger partial charge >= 0.3 is 0 Å². The maximum absolute atomic E-state index is 12.9. The molecule has 0 aromatic heterocycles. The van der Waals surface area contributed by atoms with E-state index in [1.54, 1.807) is 24.0 Å². The SMILES string of the molecule is CCCNC(=O)[C@H](C)N(Cc1ccccc1)C(=O)CSc1ccc(Cl)cc1. The summed E-state index contributed by atoms with van der Waals surface area (Å²) in [5.74, 6) is 0.0652. The van der Waals surface area contributed by atoms with Gasteiger partial charge in [0.1, 0.15) is 6.04 Å². The third kappa shape index (κ3) is 6.92. The molecule has 2 aromatic rings. The van der Waals surface area contributed by atoms with E-state index in [0.29, 0.717) is 18.1 Å². The lowest BCUT2D eigenvalue weighted by atomic mass is 10.1. The van der Waals surface area contributed by atoms with E-state index in [-0.39, 0.29) is 17.6 Å². The van der Waals surface area contributed by atoms with E-state index < -0.39 is 6.04 Å². The fraction of sp³-hybridized carbons (Fsp3) is 0.333. The highest BCUT2D eigenvalue weighted by molar-refractivity contribution is 8.00. The highest BCUT2D eigenvalue weighted by Gasteiger charge is 2.25. The van der Waals surface area contributed by atoms with Crippen molar-refractivity contribution >= 4 is 35.2 Å². The molecule has 0 radical (unpaired) electrons. The van der Waals surface area contributed by atoms with Gasteiger partial charge in [-0.1, -0.05) is 48.9 Å². The number of nitrogens with zero attached hydrogens (tertiary/aromatic N) is 1. The van der Waals surface area contributed by atoms with Crippen LogP contribution < -0.4 is 5.32 Å². The number of rotatable bonds is 9.